The fourth-order valence-corrected chi connectivity index (χ4v) is 1.68. The van der Waals surface area contributed by atoms with Gasteiger partial charge in [-0.05, 0) is 19.1 Å². The number of nitrogens with zero attached hydrogens (tertiary/aromatic N) is 1. The number of rotatable bonds is 4. The Morgan fingerprint density at radius 1 is 1.59 bits per heavy atom. The average molecular weight is 240 g/mol. The Kier molecular flexibility index (Phi) is 3.08. The van der Waals surface area contributed by atoms with E-state index in [2.05, 4.69) is 5.32 Å². The molecule has 5 nitrogen and oxygen atoms in total. The minimum atomic E-state index is -0.528. The largest absolute Gasteiger partial charge is 0.368 e. The normalized spacial score (nSPS) is 17.5. The van der Waals surface area contributed by atoms with Gasteiger partial charge in [0.05, 0.1) is 22.7 Å². The topological polar surface area (TPSA) is 64.4 Å². The zero-order chi connectivity index (χ0) is 12.5. The number of hydrogen-bond acceptors (Lipinski definition) is 4. The first-order valence-corrected chi connectivity index (χ1v) is 5.28. The monoisotopic (exact) mass is 240 g/mol. The smallest absolute Gasteiger partial charge is 0.275 e. The SMILES string of the molecule is CC1(OCc2cc(F)ccc2[N+](=O)[O-])CNC1. The van der Waals surface area contributed by atoms with Crippen LogP contribution in [0.5, 0.6) is 0 Å². The molecule has 1 N–H and O–H groups in total. The van der Waals surface area contributed by atoms with Gasteiger partial charge in [-0.25, -0.2) is 4.39 Å². The van der Waals surface area contributed by atoms with E-state index in [9.17, 15) is 14.5 Å². The molecule has 0 atom stereocenters. The third-order valence-corrected chi connectivity index (χ3v) is 2.81. The summed E-state index contributed by atoms with van der Waals surface area (Å²) in [4.78, 5) is 10.2. The first kappa shape index (κ1) is 11.9. The van der Waals surface area contributed by atoms with E-state index < -0.39 is 10.7 Å². The molecular weight excluding hydrogens is 227 g/mol. The molecule has 1 saturated heterocycles. The van der Waals surface area contributed by atoms with Gasteiger partial charge in [-0.1, -0.05) is 0 Å². The van der Waals surface area contributed by atoms with Crippen LogP contribution in [0, 0.1) is 15.9 Å². The molecule has 0 radical (unpaired) electrons. The maximum Gasteiger partial charge on any atom is 0.275 e. The molecule has 17 heavy (non-hydrogen) atoms. The van der Waals surface area contributed by atoms with Gasteiger partial charge in [0, 0.05) is 19.2 Å². The van der Waals surface area contributed by atoms with Crippen LogP contribution in [0.4, 0.5) is 10.1 Å². The van der Waals surface area contributed by atoms with E-state index in [1.165, 1.54) is 0 Å². The zero-order valence-electron chi connectivity index (χ0n) is 9.40. The molecule has 0 aromatic heterocycles. The average Bonchev–Trinajstić information content (AvgIpc) is 2.23. The first-order chi connectivity index (χ1) is 8.00. The maximum absolute atomic E-state index is 13.0. The number of nitro benzene ring substituents is 1. The second kappa shape index (κ2) is 4.38. The van der Waals surface area contributed by atoms with Crippen LogP contribution in [0.3, 0.4) is 0 Å². The summed E-state index contributed by atoms with van der Waals surface area (Å²) in [5, 5.41) is 13.8. The van der Waals surface area contributed by atoms with Crippen molar-refractivity contribution in [3.63, 3.8) is 0 Å². The maximum atomic E-state index is 13.0. The summed E-state index contributed by atoms with van der Waals surface area (Å²) in [6.45, 7) is 3.37. The van der Waals surface area contributed by atoms with Crippen LogP contribution in [0.15, 0.2) is 18.2 Å². The molecule has 1 heterocycles. The Balaban J connectivity index is 2.13. The Morgan fingerprint density at radius 3 is 2.82 bits per heavy atom. The van der Waals surface area contributed by atoms with Gasteiger partial charge in [0.25, 0.3) is 5.69 Å². The highest BCUT2D eigenvalue weighted by atomic mass is 19.1. The van der Waals surface area contributed by atoms with E-state index in [0.717, 1.165) is 18.2 Å². The molecule has 0 amide bonds. The number of nitrogens with one attached hydrogen (secondary N) is 1. The van der Waals surface area contributed by atoms with Crippen molar-refractivity contribution in [1.29, 1.82) is 0 Å². The lowest BCUT2D eigenvalue weighted by molar-refractivity contribution is -0.386. The molecule has 6 heteroatoms. The molecule has 1 fully saturated rings. The van der Waals surface area contributed by atoms with Crippen molar-refractivity contribution < 1.29 is 14.1 Å². The standard InChI is InChI=1S/C11H13FN2O3/c1-11(6-13-7-11)17-5-8-4-9(12)2-3-10(8)14(15)16/h2-4,13H,5-7H2,1H3. The molecule has 1 aromatic rings. The van der Waals surface area contributed by atoms with Gasteiger partial charge >= 0.3 is 0 Å². The molecule has 2 rings (SSSR count). The molecule has 92 valence electrons. The second-order valence-corrected chi connectivity index (χ2v) is 4.37. The minimum Gasteiger partial charge on any atom is -0.368 e. The van der Waals surface area contributed by atoms with Crippen LogP contribution in [-0.2, 0) is 11.3 Å². The summed E-state index contributed by atoms with van der Waals surface area (Å²) < 4.78 is 18.6. The van der Waals surface area contributed by atoms with Gasteiger partial charge in [0.2, 0.25) is 0 Å². The number of halogens is 1. The molecule has 1 aromatic carbocycles. The summed E-state index contributed by atoms with van der Waals surface area (Å²) in [6, 6.07) is 3.39. The van der Waals surface area contributed by atoms with E-state index >= 15 is 0 Å². The highest BCUT2D eigenvalue weighted by molar-refractivity contribution is 5.39. The van der Waals surface area contributed by atoms with Crippen molar-refractivity contribution in [2.75, 3.05) is 13.1 Å². The van der Waals surface area contributed by atoms with Gasteiger partial charge in [0.1, 0.15) is 5.82 Å². The second-order valence-electron chi connectivity index (χ2n) is 4.37. The van der Waals surface area contributed by atoms with Crippen LogP contribution in [-0.4, -0.2) is 23.6 Å². The van der Waals surface area contributed by atoms with Crippen LogP contribution in [0.1, 0.15) is 12.5 Å². The van der Waals surface area contributed by atoms with Gasteiger partial charge in [-0.2, -0.15) is 0 Å². The fraction of sp³-hybridized carbons (Fsp3) is 0.455. The van der Waals surface area contributed by atoms with Crippen molar-refractivity contribution in [1.82, 2.24) is 5.32 Å². The predicted molar refractivity (Wildman–Crippen MR) is 59.1 cm³/mol. The Labute approximate surface area is 97.7 Å². The van der Waals surface area contributed by atoms with Crippen LogP contribution in [0.2, 0.25) is 0 Å². The molecule has 0 unspecified atom stereocenters. The molecule has 1 aliphatic heterocycles. The van der Waals surface area contributed by atoms with Crippen molar-refractivity contribution >= 4 is 5.69 Å². The lowest BCUT2D eigenvalue weighted by Gasteiger charge is -2.39. The Morgan fingerprint density at radius 2 is 2.29 bits per heavy atom. The summed E-state index contributed by atoms with van der Waals surface area (Å²) in [6.07, 6.45) is 0. The predicted octanol–water partition coefficient (Wildman–Crippen LogP) is 1.61. The van der Waals surface area contributed by atoms with E-state index in [1.54, 1.807) is 0 Å². The van der Waals surface area contributed by atoms with Gasteiger partial charge in [-0.15, -0.1) is 0 Å². The Bertz CT molecular complexity index is 446. The molecular formula is C11H13FN2O3. The highest BCUT2D eigenvalue weighted by Crippen LogP contribution is 2.24. The highest BCUT2D eigenvalue weighted by Gasteiger charge is 2.33. The lowest BCUT2D eigenvalue weighted by Crippen LogP contribution is -2.58. The van der Waals surface area contributed by atoms with Crippen molar-refractivity contribution in [2.24, 2.45) is 0 Å². The quantitative estimate of drug-likeness (QED) is 0.641. The van der Waals surface area contributed by atoms with Gasteiger partial charge in [-0.3, -0.25) is 10.1 Å². The number of nitro groups is 1. The lowest BCUT2D eigenvalue weighted by atomic mass is 10.00. The van der Waals surface area contributed by atoms with E-state index in [1.807, 2.05) is 6.92 Å². The minimum absolute atomic E-state index is 0.0479. The third kappa shape index (κ3) is 2.59. The molecule has 0 bridgehead atoms. The Hall–Kier alpha value is -1.53. The van der Waals surface area contributed by atoms with Gasteiger partial charge in [0.15, 0.2) is 0 Å². The van der Waals surface area contributed by atoms with Crippen molar-refractivity contribution in [3.05, 3.63) is 39.7 Å². The first-order valence-electron chi connectivity index (χ1n) is 5.28. The summed E-state index contributed by atoms with van der Waals surface area (Å²) in [5.74, 6) is -0.494. The molecule has 1 aliphatic rings. The number of hydrogen-bond donors (Lipinski definition) is 1. The van der Waals surface area contributed by atoms with Crippen molar-refractivity contribution in [3.8, 4) is 0 Å². The van der Waals surface area contributed by atoms with Crippen LogP contribution >= 0.6 is 0 Å². The zero-order valence-corrected chi connectivity index (χ0v) is 9.40. The van der Waals surface area contributed by atoms with Crippen LogP contribution in [0.25, 0.3) is 0 Å². The van der Waals surface area contributed by atoms with Gasteiger partial charge < -0.3 is 10.1 Å². The molecule has 0 spiro atoms. The third-order valence-electron chi connectivity index (χ3n) is 2.81. The number of benzene rings is 1. The van der Waals surface area contributed by atoms with E-state index in [4.69, 9.17) is 4.74 Å². The summed E-state index contributed by atoms with van der Waals surface area (Å²) >= 11 is 0. The van der Waals surface area contributed by atoms with Crippen LogP contribution < -0.4 is 5.32 Å². The summed E-state index contributed by atoms with van der Waals surface area (Å²) in [7, 11) is 0. The molecule has 0 aliphatic carbocycles. The summed E-state index contributed by atoms with van der Waals surface area (Å²) in [5.41, 5.74) is -0.148. The fourth-order valence-electron chi connectivity index (χ4n) is 1.68. The molecule has 0 saturated carbocycles. The number of ether oxygens (including phenoxy) is 1. The van der Waals surface area contributed by atoms with Crippen molar-refractivity contribution in [2.45, 2.75) is 19.1 Å². The van der Waals surface area contributed by atoms with E-state index in [0.29, 0.717) is 13.1 Å². The van der Waals surface area contributed by atoms with E-state index in [-0.39, 0.29) is 23.5 Å².